The molecule has 0 saturated carbocycles. The number of rotatable bonds is 6. The lowest BCUT2D eigenvalue weighted by atomic mass is 9.88. The van der Waals surface area contributed by atoms with Crippen molar-refractivity contribution >= 4 is 76.2 Å². The Morgan fingerprint density at radius 2 is 0.952 bits per heavy atom. The fraction of sp³-hybridized carbons (Fsp3) is 0. The summed E-state index contributed by atoms with van der Waals surface area (Å²) >= 11 is 0.388. The maximum absolute atomic E-state index is 10.3. The van der Waals surface area contributed by atoms with Gasteiger partial charge in [-0.1, -0.05) is 194 Å². The van der Waals surface area contributed by atoms with E-state index in [1.165, 1.54) is 18.2 Å². The molecule has 0 N–H and O–H groups in total. The van der Waals surface area contributed by atoms with Crippen LogP contribution in [0.1, 0.15) is 41.1 Å². The highest BCUT2D eigenvalue weighted by Gasteiger charge is 2.25. The van der Waals surface area contributed by atoms with E-state index in [0.29, 0.717) is 11.3 Å². The molecule has 0 radical (unpaired) electrons. The van der Waals surface area contributed by atoms with Crippen LogP contribution in [0.15, 0.2) is 218 Å². The normalized spacial score (nSPS) is 18.5. The Balaban J connectivity index is 1.21. The van der Waals surface area contributed by atoms with E-state index < -0.39 is 252 Å². The van der Waals surface area contributed by atoms with E-state index in [4.69, 9.17) is 25.5 Å². The summed E-state index contributed by atoms with van der Waals surface area (Å²) in [6.07, 6.45) is -0.663. The topological polar surface area (TPSA) is 25.8 Å². The van der Waals surface area contributed by atoms with Crippen molar-refractivity contribution in [3.05, 3.63) is 218 Å². The van der Waals surface area contributed by atoms with Crippen LogP contribution in [0.4, 0.5) is 0 Å². The molecule has 0 spiro atoms. The second kappa shape index (κ2) is 14.3. The van der Waals surface area contributed by atoms with Crippen molar-refractivity contribution in [2.75, 3.05) is 0 Å². The van der Waals surface area contributed by atoms with Crippen molar-refractivity contribution < 1.29 is 41.1 Å². The van der Waals surface area contributed by atoms with Crippen LogP contribution < -0.4 is 0 Å². The minimum absolute atomic E-state index is 0.0243. The van der Waals surface area contributed by atoms with E-state index in [9.17, 15) is 20.6 Å². The van der Waals surface area contributed by atoms with Crippen LogP contribution in [0.2, 0.25) is 0 Å². The molecule has 13 rings (SSSR count). The lowest BCUT2D eigenvalue weighted by Gasteiger charge is -2.15. The van der Waals surface area contributed by atoms with Gasteiger partial charge in [-0.2, -0.15) is 0 Å². The monoisotopic (exact) mass is 846 g/mol. The first-order valence-corrected chi connectivity index (χ1v) is 19.9. The first-order valence-electron chi connectivity index (χ1n) is 34.0. The molecule has 3 heteroatoms. The number of fused-ring (bicyclic) bond motifs is 4. The van der Waals surface area contributed by atoms with E-state index >= 15 is 0 Å². The van der Waals surface area contributed by atoms with Gasteiger partial charge in [0.1, 0.15) is 0 Å². The van der Waals surface area contributed by atoms with Gasteiger partial charge in [0.15, 0.2) is 0 Å². The smallest absolute Gasteiger partial charge is 0.0972 e. The summed E-state index contributed by atoms with van der Waals surface area (Å²) in [5.74, 6) is 0. The zero-order valence-electron chi connectivity index (χ0n) is 61.8. The zero-order valence-corrected chi connectivity index (χ0v) is 32.6. The highest BCUT2D eigenvalue weighted by atomic mass is 32.1. The van der Waals surface area contributed by atoms with Gasteiger partial charge >= 0.3 is 0 Å². The van der Waals surface area contributed by atoms with Gasteiger partial charge in [-0.3, -0.25) is 4.98 Å². The number of pyridine rings is 2. The number of aromatic nitrogens is 2. The van der Waals surface area contributed by atoms with Gasteiger partial charge in [-0.15, -0.1) is 11.3 Å². The maximum Gasteiger partial charge on any atom is 0.0972 e. The third kappa shape index (κ3) is 5.71. The van der Waals surface area contributed by atoms with Crippen LogP contribution >= 0.6 is 11.3 Å². The van der Waals surface area contributed by atoms with Gasteiger partial charge in [-0.25, -0.2) is 4.98 Å². The average molecular weight is 847 g/mol. The molecule has 3 heterocycles. The maximum atomic E-state index is 10.3. The SMILES string of the molecule is [2H]c1nc2c(c([2H])c1[2H])c([2H])c([2H])c1c([2H])c([2H])c(-c3ccc(-c4c([2H])c([2H])c([2H])c(-c5sc(-c6c([2H])c([2H])c7c([2H])c([2H])c8c([2H])c([2H])c([2H])c9c([2H])c([2H])c6c7c89)c(-c6c([2H])c([2H])c([2H])c([2H])c6[2H])c5-c5c([2H])c([2H])c([2H])c([2H])c5[2H])c4[2H])c4ccccc34)nc12. The van der Waals surface area contributed by atoms with Gasteiger partial charge < -0.3 is 0 Å². The molecule has 0 amide bonds. The molecular formula is C60H36N2S. The Morgan fingerprint density at radius 1 is 0.381 bits per heavy atom. The number of benzene rings is 10. The van der Waals surface area contributed by atoms with Gasteiger partial charge in [0.2, 0.25) is 0 Å². The summed E-state index contributed by atoms with van der Waals surface area (Å²) in [5, 5.41) is -2.82. The van der Waals surface area contributed by atoms with Crippen LogP contribution in [0.25, 0.3) is 130 Å². The Kier molecular flexibility index (Phi) is 3.87. The summed E-state index contributed by atoms with van der Waals surface area (Å²) in [6.45, 7) is 0. The van der Waals surface area contributed by atoms with Crippen molar-refractivity contribution in [3.63, 3.8) is 0 Å². The molecular weight excluding hydrogens is 781 g/mol. The standard InChI is InChI=1S/C60H36N2S/c1-3-12-37(13-4-1)55-56(38-14-5-2-6-15-38)60(51-31-28-41-24-23-39-16-9-17-40-27-30-50(51)54(41)53(39)40)63-59(55)45-19-10-18-44(36-45)46-32-33-49(48-22-8-7-21-47(46)48)52-34-29-43-26-25-42-20-11-35-61-57(42)58(43)62-52/h1-36H/i1D,2D,3D,4D,5D,6D,9D,10D,11D,12D,13D,14D,15D,16D,17D,18D,19D,20D,23D,24D,25D,26D,27D,28D,29D,30D,31D,34D,35D,36D. The molecule has 0 aliphatic carbocycles. The molecule has 0 atom stereocenters. The predicted octanol–water partition coefficient (Wildman–Crippen LogP) is 16.9. The molecule has 3 aromatic heterocycles. The van der Waals surface area contributed by atoms with Crippen LogP contribution in [0.3, 0.4) is 0 Å². The molecule has 2 nitrogen and oxygen atoms in total. The third-order valence-corrected chi connectivity index (χ3v) is 11.9. The lowest BCUT2D eigenvalue weighted by Crippen LogP contribution is -1.91. The van der Waals surface area contributed by atoms with E-state index in [1.54, 1.807) is 18.2 Å². The summed E-state index contributed by atoms with van der Waals surface area (Å²) in [6, 6.07) is -15.0. The summed E-state index contributed by atoms with van der Waals surface area (Å²) < 4.78 is 275. The van der Waals surface area contributed by atoms with Crippen LogP contribution in [0.5, 0.6) is 0 Å². The van der Waals surface area contributed by atoms with Gasteiger partial charge in [0.05, 0.1) is 57.9 Å². The van der Waals surface area contributed by atoms with Crippen molar-refractivity contribution in [2.24, 2.45) is 0 Å². The van der Waals surface area contributed by atoms with E-state index in [-0.39, 0.29) is 60.2 Å². The number of hydrogen-bond donors (Lipinski definition) is 0. The van der Waals surface area contributed by atoms with E-state index in [0.717, 1.165) is 0 Å². The molecule has 0 aliphatic rings. The molecule has 0 saturated heterocycles. The predicted molar refractivity (Wildman–Crippen MR) is 269 cm³/mol. The molecule has 10 aromatic carbocycles. The zero-order chi connectivity index (χ0) is 67.5. The van der Waals surface area contributed by atoms with Crippen molar-refractivity contribution in [1.82, 2.24) is 9.97 Å². The minimum atomic E-state index is -1.01. The van der Waals surface area contributed by atoms with Crippen LogP contribution in [-0.4, -0.2) is 9.97 Å². The Hall–Kier alpha value is -7.98. The van der Waals surface area contributed by atoms with Crippen molar-refractivity contribution in [2.45, 2.75) is 0 Å². The summed E-state index contributed by atoms with van der Waals surface area (Å²) in [7, 11) is 0. The highest BCUT2D eigenvalue weighted by Crippen LogP contribution is 2.54. The quantitative estimate of drug-likeness (QED) is 0.156. The Labute approximate surface area is 410 Å². The fourth-order valence-electron chi connectivity index (χ4n) is 8.00. The number of thiophene rings is 1. The Morgan fingerprint density at radius 3 is 1.73 bits per heavy atom. The van der Waals surface area contributed by atoms with Crippen molar-refractivity contribution in [3.8, 4) is 65.5 Å². The first kappa shape index (κ1) is 17.1. The van der Waals surface area contributed by atoms with E-state index in [2.05, 4.69) is 4.98 Å². The molecule has 13 aromatic rings. The number of hydrogen-bond acceptors (Lipinski definition) is 3. The average Bonchev–Trinajstić information content (AvgIpc) is 1.63. The molecule has 63 heavy (non-hydrogen) atoms. The van der Waals surface area contributed by atoms with Gasteiger partial charge in [-0.05, 0) is 89.0 Å². The molecule has 0 bridgehead atoms. The van der Waals surface area contributed by atoms with Gasteiger partial charge in [0, 0.05) is 49.0 Å². The van der Waals surface area contributed by atoms with Crippen LogP contribution in [-0.2, 0) is 0 Å². The van der Waals surface area contributed by atoms with Gasteiger partial charge in [0.25, 0.3) is 0 Å². The highest BCUT2D eigenvalue weighted by molar-refractivity contribution is 7.20. The molecule has 292 valence electrons. The van der Waals surface area contributed by atoms with E-state index in [1.807, 2.05) is 0 Å². The lowest BCUT2D eigenvalue weighted by molar-refractivity contribution is 1.37. The Bertz CT molecular complexity index is 5620. The first-order chi connectivity index (χ1) is 43.7. The fourth-order valence-corrected chi connectivity index (χ4v) is 9.28. The second-order valence-electron chi connectivity index (χ2n) is 14.1. The molecule has 0 fully saturated rings. The summed E-state index contributed by atoms with van der Waals surface area (Å²) in [4.78, 5) is 7.77. The largest absolute Gasteiger partial charge is 0.254 e. The van der Waals surface area contributed by atoms with Crippen molar-refractivity contribution in [1.29, 1.82) is 0 Å². The molecule has 0 unspecified atom stereocenters. The summed E-state index contributed by atoms with van der Waals surface area (Å²) in [5.41, 5.74) is -5.29. The number of nitrogens with zero attached hydrogens (tertiary/aromatic N) is 2. The molecule has 0 aliphatic heterocycles. The minimum Gasteiger partial charge on any atom is -0.254 e. The van der Waals surface area contributed by atoms with Crippen LogP contribution in [0, 0.1) is 0 Å². The third-order valence-electron chi connectivity index (χ3n) is 10.7. The second-order valence-corrected chi connectivity index (χ2v) is 15.1.